The minimum Gasteiger partial charge on any atom is -0.480 e. The van der Waals surface area contributed by atoms with Crippen LogP contribution in [-0.4, -0.2) is 58.7 Å². The molecule has 4 atom stereocenters. The number of carbonyl (C=O) groups excluding carboxylic acids is 3. The Balaban J connectivity index is 2.26. The number of carboxylic acids is 1. The Morgan fingerprint density at radius 3 is 1.50 bits per heavy atom. The number of nitrogens with two attached hydrogens (primary N) is 1. The van der Waals surface area contributed by atoms with Crippen LogP contribution in [0.3, 0.4) is 0 Å². The molecule has 2 aromatic carbocycles. The van der Waals surface area contributed by atoms with Gasteiger partial charge in [0.15, 0.2) is 0 Å². The number of benzene rings is 2. The summed E-state index contributed by atoms with van der Waals surface area (Å²) < 4.78 is 0. The Kier molecular flexibility index (Phi) is 10.6. The van der Waals surface area contributed by atoms with Gasteiger partial charge in [-0.05, 0) is 18.1 Å². The van der Waals surface area contributed by atoms with Crippen molar-refractivity contribution < 1.29 is 24.3 Å². The van der Waals surface area contributed by atoms with Gasteiger partial charge in [-0.2, -0.15) is 12.6 Å². The fourth-order valence-electron chi connectivity index (χ4n) is 3.15. The molecule has 0 fully saturated rings. The standard InChI is InChI=1S/C24H30N4O5S/c1-15(25)21(29)26-18(12-16-8-4-2-5-9-16)22(30)27-19(13-17-10-6-3-7-11-17)23(31)28-20(14-34)24(32)33/h2-11,15,18-20,34H,12-14,25H2,1H3,(H,26,29)(H,27,30)(H,28,31)(H,32,33). The topological polar surface area (TPSA) is 151 Å². The van der Waals surface area contributed by atoms with E-state index in [1.807, 2.05) is 36.4 Å². The SMILES string of the molecule is CC(N)C(=O)NC(Cc1ccccc1)C(=O)NC(Cc1ccccc1)C(=O)NC(CS)C(=O)O. The van der Waals surface area contributed by atoms with Crippen molar-refractivity contribution in [2.75, 3.05) is 5.75 Å². The number of carboxylic acid groups (broad SMARTS) is 1. The van der Waals surface area contributed by atoms with E-state index in [2.05, 4.69) is 28.6 Å². The van der Waals surface area contributed by atoms with Gasteiger partial charge in [0.2, 0.25) is 17.7 Å². The first kappa shape index (κ1) is 26.9. The van der Waals surface area contributed by atoms with Crippen molar-refractivity contribution in [3.8, 4) is 0 Å². The van der Waals surface area contributed by atoms with E-state index >= 15 is 0 Å². The van der Waals surface area contributed by atoms with E-state index in [1.54, 1.807) is 24.3 Å². The lowest BCUT2D eigenvalue weighted by Crippen LogP contribution is -2.58. The van der Waals surface area contributed by atoms with Gasteiger partial charge in [-0.3, -0.25) is 14.4 Å². The molecule has 0 bridgehead atoms. The Hall–Kier alpha value is -3.37. The quantitative estimate of drug-likeness (QED) is 0.237. The van der Waals surface area contributed by atoms with Crippen LogP contribution in [0.25, 0.3) is 0 Å². The van der Waals surface area contributed by atoms with Gasteiger partial charge in [-0.15, -0.1) is 0 Å². The van der Waals surface area contributed by atoms with Gasteiger partial charge < -0.3 is 26.8 Å². The molecule has 0 saturated heterocycles. The average Bonchev–Trinajstić information content (AvgIpc) is 2.82. The fourth-order valence-corrected chi connectivity index (χ4v) is 3.40. The molecule has 0 aliphatic rings. The minimum absolute atomic E-state index is 0.117. The maximum Gasteiger partial charge on any atom is 0.327 e. The molecule has 0 saturated carbocycles. The van der Waals surface area contributed by atoms with E-state index < -0.39 is 47.9 Å². The smallest absolute Gasteiger partial charge is 0.327 e. The second-order valence-corrected chi connectivity index (χ2v) is 8.24. The number of hydrogen-bond acceptors (Lipinski definition) is 6. The molecule has 0 radical (unpaired) electrons. The Labute approximate surface area is 203 Å². The van der Waals surface area contributed by atoms with E-state index in [0.717, 1.165) is 11.1 Å². The summed E-state index contributed by atoms with van der Waals surface area (Å²) in [5, 5.41) is 17.0. The van der Waals surface area contributed by atoms with E-state index in [-0.39, 0.29) is 18.6 Å². The van der Waals surface area contributed by atoms with Crippen molar-refractivity contribution in [2.45, 2.75) is 43.9 Å². The number of aliphatic carboxylic acids is 1. The van der Waals surface area contributed by atoms with Gasteiger partial charge in [-0.1, -0.05) is 60.7 Å². The highest BCUT2D eigenvalue weighted by atomic mass is 32.1. The maximum atomic E-state index is 13.2. The Bertz CT molecular complexity index is 972. The Morgan fingerprint density at radius 2 is 1.15 bits per heavy atom. The number of rotatable bonds is 12. The van der Waals surface area contributed by atoms with Crippen LogP contribution < -0.4 is 21.7 Å². The van der Waals surface area contributed by atoms with Crippen molar-refractivity contribution in [3.05, 3.63) is 71.8 Å². The van der Waals surface area contributed by atoms with Crippen LogP contribution in [0.2, 0.25) is 0 Å². The summed E-state index contributed by atoms with van der Waals surface area (Å²) in [6.07, 6.45) is 0.301. The third-order valence-corrected chi connectivity index (χ3v) is 5.41. The summed E-state index contributed by atoms with van der Waals surface area (Å²) in [6, 6.07) is 13.9. The van der Waals surface area contributed by atoms with Crippen LogP contribution in [-0.2, 0) is 32.0 Å². The van der Waals surface area contributed by atoms with Gasteiger partial charge in [0, 0.05) is 18.6 Å². The molecule has 0 heterocycles. The van der Waals surface area contributed by atoms with Crippen molar-refractivity contribution >= 4 is 36.3 Å². The predicted octanol–water partition coefficient (Wildman–Crippen LogP) is 0.288. The zero-order chi connectivity index (χ0) is 25.1. The summed E-state index contributed by atoms with van der Waals surface area (Å²) in [5.41, 5.74) is 7.22. The maximum absolute atomic E-state index is 13.2. The summed E-state index contributed by atoms with van der Waals surface area (Å²) in [6.45, 7) is 1.50. The van der Waals surface area contributed by atoms with Gasteiger partial charge in [-0.25, -0.2) is 4.79 Å². The lowest BCUT2D eigenvalue weighted by molar-refractivity contribution is -0.141. The van der Waals surface area contributed by atoms with Crippen molar-refractivity contribution in [3.63, 3.8) is 0 Å². The molecule has 10 heteroatoms. The van der Waals surface area contributed by atoms with Gasteiger partial charge in [0.25, 0.3) is 0 Å². The minimum atomic E-state index is -1.24. The monoisotopic (exact) mass is 486 g/mol. The van der Waals surface area contributed by atoms with Crippen molar-refractivity contribution in [2.24, 2.45) is 5.73 Å². The molecule has 0 spiro atoms. The lowest BCUT2D eigenvalue weighted by Gasteiger charge is -2.25. The van der Waals surface area contributed by atoms with Crippen LogP contribution in [0.15, 0.2) is 60.7 Å². The molecule has 9 nitrogen and oxygen atoms in total. The first-order chi connectivity index (χ1) is 16.2. The largest absolute Gasteiger partial charge is 0.480 e. The number of nitrogens with one attached hydrogen (secondary N) is 3. The highest BCUT2D eigenvalue weighted by Crippen LogP contribution is 2.08. The number of amides is 3. The molecule has 0 aromatic heterocycles. The zero-order valence-corrected chi connectivity index (χ0v) is 19.7. The third kappa shape index (κ3) is 8.53. The first-order valence-electron chi connectivity index (χ1n) is 10.8. The molecular weight excluding hydrogens is 456 g/mol. The fraction of sp³-hybridized carbons (Fsp3) is 0.333. The molecule has 2 aromatic rings. The van der Waals surface area contributed by atoms with E-state index in [1.165, 1.54) is 6.92 Å². The number of hydrogen-bond donors (Lipinski definition) is 6. The van der Waals surface area contributed by atoms with Gasteiger partial charge in [0.1, 0.15) is 18.1 Å². The average molecular weight is 487 g/mol. The molecule has 182 valence electrons. The summed E-state index contributed by atoms with van der Waals surface area (Å²) in [4.78, 5) is 49.8. The molecule has 0 aliphatic heterocycles. The number of thiol groups is 1. The second kappa shape index (κ2) is 13.4. The van der Waals surface area contributed by atoms with Crippen molar-refractivity contribution in [1.82, 2.24) is 16.0 Å². The normalized spacial score (nSPS) is 14.2. The molecule has 6 N–H and O–H groups in total. The van der Waals surface area contributed by atoms with Crippen LogP contribution in [0.4, 0.5) is 0 Å². The number of carbonyl (C=O) groups is 4. The van der Waals surface area contributed by atoms with Gasteiger partial charge >= 0.3 is 5.97 Å². The lowest BCUT2D eigenvalue weighted by atomic mass is 10.0. The Morgan fingerprint density at radius 1 is 0.765 bits per heavy atom. The van der Waals surface area contributed by atoms with E-state index in [9.17, 15) is 24.3 Å². The van der Waals surface area contributed by atoms with E-state index in [4.69, 9.17) is 5.73 Å². The van der Waals surface area contributed by atoms with Gasteiger partial charge in [0.05, 0.1) is 6.04 Å². The molecule has 34 heavy (non-hydrogen) atoms. The highest BCUT2D eigenvalue weighted by molar-refractivity contribution is 7.80. The van der Waals surface area contributed by atoms with Crippen LogP contribution in [0, 0.1) is 0 Å². The summed E-state index contributed by atoms with van der Waals surface area (Å²) in [7, 11) is 0. The molecule has 2 rings (SSSR count). The van der Waals surface area contributed by atoms with Crippen LogP contribution in [0.1, 0.15) is 18.1 Å². The van der Waals surface area contributed by atoms with Crippen LogP contribution in [0.5, 0.6) is 0 Å². The molecule has 3 amide bonds. The van der Waals surface area contributed by atoms with Crippen LogP contribution >= 0.6 is 12.6 Å². The summed E-state index contributed by atoms with van der Waals surface area (Å²) >= 11 is 3.97. The molecule has 0 aliphatic carbocycles. The second-order valence-electron chi connectivity index (χ2n) is 7.87. The highest BCUT2D eigenvalue weighted by Gasteiger charge is 2.30. The summed E-state index contributed by atoms with van der Waals surface area (Å²) in [5.74, 6) is -3.13. The molecular formula is C24H30N4O5S. The third-order valence-electron chi connectivity index (χ3n) is 5.04. The predicted molar refractivity (Wildman–Crippen MR) is 131 cm³/mol. The van der Waals surface area contributed by atoms with Crippen molar-refractivity contribution in [1.29, 1.82) is 0 Å². The first-order valence-corrected chi connectivity index (χ1v) is 11.4. The zero-order valence-electron chi connectivity index (χ0n) is 18.8. The van der Waals surface area contributed by atoms with E-state index in [0.29, 0.717) is 0 Å². The molecule has 4 unspecified atom stereocenters.